The van der Waals surface area contributed by atoms with Gasteiger partial charge in [0, 0.05) is 32.0 Å². The van der Waals surface area contributed by atoms with Crippen molar-refractivity contribution < 1.29 is 14.6 Å². The number of ether oxygens (including phenoxy) is 2. The highest BCUT2D eigenvalue weighted by Crippen LogP contribution is 2.33. The summed E-state index contributed by atoms with van der Waals surface area (Å²) >= 11 is 0. The minimum atomic E-state index is -0.387. The smallest absolute Gasteiger partial charge is 0.161 e. The lowest BCUT2D eigenvalue weighted by molar-refractivity contribution is 0.102. The molecule has 1 atom stereocenters. The van der Waals surface area contributed by atoms with Gasteiger partial charge in [0.05, 0.1) is 19.9 Å². The number of hydrogen-bond acceptors (Lipinski definition) is 8. The van der Waals surface area contributed by atoms with Crippen LogP contribution in [-0.2, 0) is 24.5 Å². The Balaban J connectivity index is 1.16. The van der Waals surface area contributed by atoms with Crippen molar-refractivity contribution in [1.82, 2.24) is 20.4 Å². The Morgan fingerprint density at radius 1 is 1.06 bits per heavy atom. The lowest BCUT2D eigenvalue weighted by Gasteiger charge is -2.29. The van der Waals surface area contributed by atoms with Crippen LogP contribution < -0.4 is 20.1 Å². The summed E-state index contributed by atoms with van der Waals surface area (Å²) in [7, 11) is 3.36. The van der Waals surface area contributed by atoms with Gasteiger partial charge in [0.2, 0.25) is 0 Å². The van der Waals surface area contributed by atoms with Crippen LogP contribution in [0.2, 0.25) is 0 Å². The highest BCUT2D eigenvalue weighted by molar-refractivity contribution is 5.62. The van der Waals surface area contributed by atoms with Crippen molar-refractivity contribution in [2.45, 2.75) is 25.4 Å². The minimum Gasteiger partial charge on any atom is -0.493 e. The molecule has 1 aromatic heterocycles. The maximum absolute atomic E-state index is 11.8. The number of hydrogen-bond donors (Lipinski definition) is 1. The second-order valence-corrected chi connectivity index (χ2v) is 8.94. The molecule has 2 aliphatic heterocycles. The summed E-state index contributed by atoms with van der Waals surface area (Å²) in [6.07, 6.45) is 7.02. The van der Waals surface area contributed by atoms with Gasteiger partial charge in [-0.3, -0.25) is 14.9 Å². The number of pyridine rings is 1. The van der Waals surface area contributed by atoms with E-state index in [2.05, 4.69) is 44.8 Å². The topological polar surface area (TPSA) is 85.4 Å². The SMILES string of the molecule is COc1cc2c(cc1OC)CN(CCc1ccc(N3N=CN(C(C[O])c4cccnc4)N3)cc1)CC2. The first-order valence-electron chi connectivity index (χ1n) is 12.1. The van der Waals surface area contributed by atoms with E-state index in [9.17, 15) is 5.11 Å². The molecule has 0 fully saturated rings. The molecule has 0 bridgehead atoms. The number of fused-ring (bicyclic) bond motifs is 1. The molecule has 187 valence electrons. The lowest BCUT2D eigenvalue weighted by Crippen LogP contribution is -2.43. The summed E-state index contributed by atoms with van der Waals surface area (Å²) in [6, 6.07) is 15.9. The first kappa shape index (κ1) is 24.1. The van der Waals surface area contributed by atoms with Crippen LogP contribution in [-0.4, -0.2) is 55.1 Å². The molecule has 3 aromatic rings. The van der Waals surface area contributed by atoms with Crippen LogP contribution >= 0.6 is 0 Å². The summed E-state index contributed by atoms with van der Waals surface area (Å²) < 4.78 is 10.9. The molecule has 2 aromatic carbocycles. The van der Waals surface area contributed by atoms with Crippen LogP contribution in [0.3, 0.4) is 0 Å². The normalized spacial score (nSPS) is 16.2. The Morgan fingerprint density at radius 3 is 2.53 bits per heavy atom. The fourth-order valence-electron chi connectivity index (χ4n) is 4.68. The van der Waals surface area contributed by atoms with E-state index in [1.807, 2.05) is 24.3 Å². The third kappa shape index (κ3) is 5.13. The first-order valence-corrected chi connectivity index (χ1v) is 12.1. The molecule has 9 nitrogen and oxygen atoms in total. The Labute approximate surface area is 211 Å². The van der Waals surface area contributed by atoms with Crippen LogP contribution in [0, 0.1) is 0 Å². The Bertz CT molecular complexity index is 1190. The number of hydrazine groups is 2. The molecule has 2 aliphatic rings. The van der Waals surface area contributed by atoms with Gasteiger partial charge in [-0.1, -0.05) is 18.2 Å². The largest absolute Gasteiger partial charge is 0.493 e. The van der Waals surface area contributed by atoms with Crippen molar-refractivity contribution in [2.24, 2.45) is 5.10 Å². The number of hydrazone groups is 1. The summed E-state index contributed by atoms with van der Waals surface area (Å²) in [5, 5.41) is 19.6. The molecule has 9 heteroatoms. The van der Waals surface area contributed by atoms with Gasteiger partial charge >= 0.3 is 0 Å². The highest BCUT2D eigenvalue weighted by Gasteiger charge is 2.25. The Morgan fingerprint density at radius 2 is 1.83 bits per heavy atom. The van der Waals surface area contributed by atoms with E-state index in [0.717, 1.165) is 55.2 Å². The van der Waals surface area contributed by atoms with Gasteiger partial charge in [-0.2, -0.15) is 5.12 Å². The van der Waals surface area contributed by atoms with Crippen LogP contribution in [0.25, 0.3) is 0 Å². The van der Waals surface area contributed by atoms with Crippen molar-refractivity contribution >= 4 is 12.0 Å². The second-order valence-electron chi connectivity index (χ2n) is 8.94. The van der Waals surface area contributed by atoms with E-state index in [1.165, 1.54) is 16.7 Å². The fourth-order valence-corrected chi connectivity index (χ4v) is 4.68. The van der Waals surface area contributed by atoms with Crippen LogP contribution in [0.1, 0.15) is 28.3 Å². The lowest BCUT2D eigenvalue weighted by atomic mass is 9.98. The van der Waals surface area contributed by atoms with Gasteiger partial charge in [0.1, 0.15) is 19.0 Å². The molecule has 36 heavy (non-hydrogen) atoms. The van der Waals surface area contributed by atoms with Crippen molar-refractivity contribution in [1.29, 1.82) is 0 Å². The summed E-state index contributed by atoms with van der Waals surface area (Å²) in [6.45, 7) is 2.62. The standard InChI is InChI=1S/C27H31N6O3/c1-35-26-14-21-10-13-31(17-23(21)15-27(26)36-2)12-9-20-5-7-24(8-6-20)33-29-19-32(30-33)25(18-34)22-4-3-11-28-16-22/h3-8,11,14-16,19,25,30H,9-10,12-13,17-18H2,1-2H3. The molecule has 1 unspecified atom stereocenters. The van der Waals surface area contributed by atoms with Gasteiger partial charge in [-0.15, -0.1) is 10.6 Å². The average molecular weight is 488 g/mol. The van der Waals surface area contributed by atoms with Crippen molar-refractivity contribution in [2.75, 3.05) is 39.0 Å². The highest BCUT2D eigenvalue weighted by atomic mass is 16.5. The monoisotopic (exact) mass is 487 g/mol. The number of benzene rings is 2. The number of methoxy groups -OCH3 is 2. The number of nitrogens with zero attached hydrogens (tertiary/aromatic N) is 5. The second kappa shape index (κ2) is 10.9. The fraction of sp³-hybridized carbons (Fsp3) is 0.333. The predicted molar refractivity (Wildman–Crippen MR) is 137 cm³/mol. The Hall–Kier alpha value is -3.66. The maximum atomic E-state index is 11.8. The zero-order valence-electron chi connectivity index (χ0n) is 20.6. The van der Waals surface area contributed by atoms with E-state index in [-0.39, 0.29) is 12.6 Å². The first-order chi connectivity index (χ1) is 17.7. The molecular weight excluding hydrogens is 456 g/mol. The zero-order chi connectivity index (χ0) is 24.9. The van der Waals surface area contributed by atoms with E-state index >= 15 is 0 Å². The molecule has 0 saturated carbocycles. The van der Waals surface area contributed by atoms with Crippen molar-refractivity contribution in [3.8, 4) is 11.5 Å². The zero-order valence-corrected chi connectivity index (χ0v) is 20.6. The molecule has 1 radical (unpaired) electrons. The summed E-state index contributed by atoms with van der Waals surface area (Å²) in [5.41, 5.74) is 8.84. The number of rotatable bonds is 9. The molecule has 0 saturated heterocycles. The molecule has 0 amide bonds. The van der Waals surface area contributed by atoms with Crippen LogP contribution in [0.5, 0.6) is 11.5 Å². The molecule has 5 rings (SSSR count). The molecule has 0 spiro atoms. The van der Waals surface area contributed by atoms with E-state index in [4.69, 9.17) is 9.47 Å². The maximum Gasteiger partial charge on any atom is 0.161 e. The van der Waals surface area contributed by atoms with Gasteiger partial charge in [0.25, 0.3) is 0 Å². The molecule has 0 aliphatic carbocycles. The third-order valence-electron chi connectivity index (χ3n) is 6.76. The predicted octanol–water partition coefficient (Wildman–Crippen LogP) is 3.36. The van der Waals surface area contributed by atoms with Gasteiger partial charge in [0.15, 0.2) is 11.5 Å². The number of nitrogens with one attached hydrogen (secondary N) is 1. The summed E-state index contributed by atoms with van der Waals surface area (Å²) in [5.74, 6) is 1.58. The van der Waals surface area contributed by atoms with Crippen molar-refractivity contribution in [3.05, 3.63) is 83.2 Å². The van der Waals surface area contributed by atoms with E-state index in [1.54, 1.807) is 43.1 Å². The van der Waals surface area contributed by atoms with Crippen LogP contribution in [0.15, 0.2) is 66.0 Å². The van der Waals surface area contributed by atoms with Gasteiger partial charge in [-0.25, -0.2) is 5.11 Å². The number of anilines is 1. The van der Waals surface area contributed by atoms with Gasteiger partial charge in [-0.05, 0) is 65.4 Å². The van der Waals surface area contributed by atoms with E-state index in [0.29, 0.717) is 0 Å². The third-order valence-corrected chi connectivity index (χ3v) is 6.76. The number of aromatic nitrogens is 1. The quantitative estimate of drug-likeness (QED) is 0.495. The molecule has 1 N–H and O–H groups in total. The minimum absolute atomic E-state index is 0.307. The molecule has 3 heterocycles. The van der Waals surface area contributed by atoms with Crippen LogP contribution in [0.4, 0.5) is 5.69 Å². The van der Waals surface area contributed by atoms with Gasteiger partial charge < -0.3 is 9.47 Å². The Kier molecular flexibility index (Phi) is 7.31. The molecular formula is C27H31N6O3. The summed E-state index contributed by atoms with van der Waals surface area (Å²) in [4.78, 5) is 6.60. The van der Waals surface area contributed by atoms with Crippen molar-refractivity contribution in [3.63, 3.8) is 0 Å². The average Bonchev–Trinajstić information content (AvgIpc) is 3.42. The van der Waals surface area contributed by atoms with E-state index < -0.39 is 0 Å².